The van der Waals surface area contributed by atoms with Crippen LogP contribution in [0, 0.1) is 0 Å². The van der Waals surface area contributed by atoms with Crippen LogP contribution in [0.3, 0.4) is 0 Å². The Labute approximate surface area is 112 Å². The minimum absolute atomic E-state index is 0.178. The first-order chi connectivity index (χ1) is 8.92. The molecule has 0 spiro atoms. The van der Waals surface area contributed by atoms with Crippen LogP contribution in [0.2, 0.25) is 0 Å². The minimum atomic E-state index is -0.454. The Morgan fingerprint density at radius 2 is 2.21 bits per heavy atom. The third kappa shape index (κ3) is 4.51. The summed E-state index contributed by atoms with van der Waals surface area (Å²) in [6, 6.07) is 0.552. The van der Waals surface area contributed by atoms with Gasteiger partial charge in [0, 0.05) is 12.1 Å². The second-order valence-corrected chi connectivity index (χ2v) is 5.74. The molecule has 1 aliphatic carbocycles. The number of carbonyl (C=O) groups is 1. The predicted octanol–water partition coefficient (Wildman–Crippen LogP) is 1.21. The fourth-order valence-electron chi connectivity index (χ4n) is 1.88. The highest BCUT2D eigenvalue weighted by atomic mass is 16.6. The summed E-state index contributed by atoms with van der Waals surface area (Å²) in [5, 5.41) is 9.86. The molecule has 2 N–H and O–H groups in total. The molecule has 0 bridgehead atoms. The lowest BCUT2D eigenvalue weighted by Crippen LogP contribution is -2.53. The van der Waals surface area contributed by atoms with Crippen LogP contribution in [0.4, 0.5) is 4.79 Å². The van der Waals surface area contributed by atoms with Crippen LogP contribution >= 0.6 is 0 Å². The van der Waals surface area contributed by atoms with Crippen molar-refractivity contribution in [2.75, 3.05) is 0 Å². The van der Waals surface area contributed by atoms with Crippen molar-refractivity contribution in [1.29, 1.82) is 0 Å². The molecule has 1 aromatic heterocycles. The molecule has 0 aliphatic heterocycles. The van der Waals surface area contributed by atoms with E-state index in [9.17, 15) is 4.79 Å². The van der Waals surface area contributed by atoms with Crippen molar-refractivity contribution in [3.05, 3.63) is 12.2 Å². The third-order valence-electron chi connectivity index (χ3n) is 2.81. The fraction of sp³-hybridized carbons (Fsp3) is 0.750. The molecule has 1 amide bonds. The van der Waals surface area contributed by atoms with Gasteiger partial charge in [-0.2, -0.15) is 4.98 Å². The lowest BCUT2D eigenvalue weighted by molar-refractivity contribution is 0.0465. The predicted molar refractivity (Wildman–Crippen MR) is 67.3 cm³/mol. The van der Waals surface area contributed by atoms with Crippen LogP contribution in [0.1, 0.15) is 39.4 Å². The van der Waals surface area contributed by atoms with E-state index in [-0.39, 0.29) is 12.1 Å². The average molecular weight is 268 g/mol. The molecule has 0 unspecified atom stereocenters. The first-order valence-corrected chi connectivity index (χ1v) is 6.40. The molecule has 7 heteroatoms. The summed E-state index contributed by atoms with van der Waals surface area (Å²) in [4.78, 5) is 15.5. The van der Waals surface area contributed by atoms with Crippen molar-refractivity contribution in [3.63, 3.8) is 0 Å². The number of ether oxygens (including phenoxy) is 1. The van der Waals surface area contributed by atoms with Crippen molar-refractivity contribution >= 4 is 6.09 Å². The van der Waals surface area contributed by atoms with Crippen molar-refractivity contribution in [1.82, 2.24) is 20.8 Å². The van der Waals surface area contributed by atoms with E-state index < -0.39 is 5.60 Å². The first kappa shape index (κ1) is 13.8. The molecule has 0 saturated heterocycles. The van der Waals surface area contributed by atoms with Gasteiger partial charge in [-0.15, -0.1) is 0 Å². The topological polar surface area (TPSA) is 89.3 Å². The summed E-state index contributed by atoms with van der Waals surface area (Å²) in [6.45, 7) is 6.13. The van der Waals surface area contributed by atoms with Crippen molar-refractivity contribution in [2.45, 2.75) is 57.8 Å². The molecule has 1 aliphatic rings. The molecular weight excluding hydrogens is 248 g/mol. The van der Waals surface area contributed by atoms with E-state index in [0.29, 0.717) is 18.4 Å². The Balaban J connectivity index is 1.60. The maximum absolute atomic E-state index is 11.5. The number of alkyl carbamates (subject to hydrolysis) is 1. The Morgan fingerprint density at radius 1 is 1.47 bits per heavy atom. The van der Waals surface area contributed by atoms with Crippen LogP contribution in [-0.4, -0.2) is 33.9 Å². The number of rotatable bonds is 4. The molecule has 1 fully saturated rings. The van der Waals surface area contributed by atoms with E-state index >= 15 is 0 Å². The van der Waals surface area contributed by atoms with E-state index in [1.807, 2.05) is 20.8 Å². The lowest BCUT2D eigenvalue weighted by atomic mass is 9.87. The zero-order valence-electron chi connectivity index (χ0n) is 11.5. The molecule has 19 heavy (non-hydrogen) atoms. The largest absolute Gasteiger partial charge is 0.444 e. The summed E-state index contributed by atoms with van der Waals surface area (Å²) in [6.07, 6.45) is 2.73. The molecular formula is C12H20N4O3. The summed E-state index contributed by atoms with van der Waals surface area (Å²) in [7, 11) is 0. The third-order valence-corrected chi connectivity index (χ3v) is 2.81. The van der Waals surface area contributed by atoms with Gasteiger partial charge in [0.15, 0.2) is 5.82 Å². The van der Waals surface area contributed by atoms with Crippen LogP contribution < -0.4 is 10.6 Å². The van der Waals surface area contributed by atoms with Crippen molar-refractivity contribution in [3.8, 4) is 0 Å². The van der Waals surface area contributed by atoms with Crippen LogP contribution in [0.15, 0.2) is 10.9 Å². The summed E-state index contributed by atoms with van der Waals surface area (Å²) in [5.41, 5.74) is -0.454. The monoisotopic (exact) mass is 268 g/mol. The Hall–Kier alpha value is -1.63. The molecule has 0 radical (unpaired) electrons. The lowest BCUT2D eigenvalue weighted by Gasteiger charge is -2.36. The number of carbonyl (C=O) groups excluding carboxylic acids is 1. The zero-order valence-corrected chi connectivity index (χ0v) is 11.5. The van der Waals surface area contributed by atoms with Crippen LogP contribution in [0.25, 0.3) is 0 Å². The quantitative estimate of drug-likeness (QED) is 0.853. The van der Waals surface area contributed by atoms with E-state index in [1.165, 1.54) is 6.39 Å². The van der Waals surface area contributed by atoms with E-state index in [0.717, 1.165) is 12.8 Å². The van der Waals surface area contributed by atoms with Gasteiger partial charge < -0.3 is 19.9 Å². The van der Waals surface area contributed by atoms with Gasteiger partial charge in [-0.05, 0) is 33.6 Å². The number of hydrogen-bond acceptors (Lipinski definition) is 6. The van der Waals surface area contributed by atoms with Gasteiger partial charge in [0.1, 0.15) is 5.60 Å². The van der Waals surface area contributed by atoms with Gasteiger partial charge >= 0.3 is 6.09 Å². The van der Waals surface area contributed by atoms with Crippen molar-refractivity contribution < 1.29 is 14.1 Å². The van der Waals surface area contributed by atoms with E-state index in [1.54, 1.807) is 0 Å². The zero-order chi connectivity index (χ0) is 13.9. The minimum Gasteiger partial charge on any atom is -0.444 e. The number of nitrogens with one attached hydrogen (secondary N) is 2. The molecule has 1 aromatic rings. The van der Waals surface area contributed by atoms with E-state index in [4.69, 9.17) is 4.74 Å². The maximum Gasteiger partial charge on any atom is 0.407 e. The number of aromatic nitrogens is 2. The average Bonchev–Trinajstić information content (AvgIpc) is 2.71. The highest BCUT2D eigenvalue weighted by Crippen LogP contribution is 2.20. The second kappa shape index (κ2) is 5.56. The summed E-state index contributed by atoms with van der Waals surface area (Å²) in [5.74, 6) is 0.642. The number of amides is 1. The summed E-state index contributed by atoms with van der Waals surface area (Å²) >= 11 is 0. The highest BCUT2D eigenvalue weighted by Gasteiger charge is 2.31. The number of hydrogen-bond donors (Lipinski definition) is 2. The van der Waals surface area contributed by atoms with Crippen LogP contribution in [-0.2, 0) is 11.3 Å². The highest BCUT2D eigenvalue weighted by molar-refractivity contribution is 5.68. The van der Waals surface area contributed by atoms with Gasteiger partial charge in [-0.3, -0.25) is 0 Å². The molecule has 7 nitrogen and oxygen atoms in total. The smallest absolute Gasteiger partial charge is 0.407 e. The molecule has 0 aromatic carbocycles. The van der Waals surface area contributed by atoms with Gasteiger partial charge in [-0.1, -0.05) is 5.16 Å². The van der Waals surface area contributed by atoms with E-state index in [2.05, 4.69) is 25.3 Å². The van der Waals surface area contributed by atoms with Gasteiger partial charge in [0.05, 0.1) is 6.54 Å². The normalized spacial score (nSPS) is 22.7. The molecule has 2 rings (SSSR count). The van der Waals surface area contributed by atoms with Crippen molar-refractivity contribution in [2.24, 2.45) is 0 Å². The fourth-order valence-corrected chi connectivity index (χ4v) is 1.88. The Kier molecular flexibility index (Phi) is 4.04. The van der Waals surface area contributed by atoms with Gasteiger partial charge in [-0.25, -0.2) is 4.79 Å². The molecule has 106 valence electrons. The standard InChI is InChI=1S/C12H20N4O3/c1-12(2,3)19-11(17)15-9-4-8(5-9)13-6-10-14-7-18-16-10/h7-9,13H,4-6H2,1-3H3,(H,15,17). The molecule has 1 heterocycles. The number of nitrogens with zero attached hydrogens (tertiary/aromatic N) is 2. The van der Waals surface area contributed by atoms with Crippen LogP contribution in [0.5, 0.6) is 0 Å². The second-order valence-electron chi connectivity index (χ2n) is 5.74. The maximum atomic E-state index is 11.5. The Morgan fingerprint density at radius 3 is 2.79 bits per heavy atom. The van der Waals surface area contributed by atoms with Gasteiger partial charge in [0.2, 0.25) is 6.39 Å². The molecule has 0 atom stereocenters. The Bertz CT molecular complexity index is 407. The van der Waals surface area contributed by atoms with Gasteiger partial charge in [0.25, 0.3) is 0 Å². The first-order valence-electron chi connectivity index (χ1n) is 6.40. The summed E-state index contributed by atoms with van der Waals surface area (Å²) < 4.78 is 9.84. The SMILES string of the molecule is CC(C)(C)OC(=O)NC1CC(NCc2ncon2)C1. The molecule has 1 saturated carbocycles.